The van der Waals surface area contributed by atoms with Crippen LogP contribution in [-0.2, 0) is 23.2 Å². The van der Waals surface area contributed by atoms with E-state index in [4.69, 9.17) is 14.8 Å². The van der Waals surface area contributed by atoms with Crippen molar-refractivity contribution in [2.24, 2.45) is 53.1 Å². The molecule has 0 aliphatic carbocycles. The first-order valence-electron chi connectivity index (χ1n) is 22.5. The van der Waals surface area contributed by atoms with Gasteiger partial charge < -0.3 is 20.8 Å². The Balaban J connectivity index is 5.35. The van der Waals surface area contributed by atoms with E-state index < -0.39 is 37.7 Å². The molecule has 55 heavy (non-hydrogen) atoms. The third-order valence-electron chi connectivity index (χ3n) is 11.7. The van der Waals surface area contributed by atoms with E-state index in [1.165, 1.54) is 77.0 Å². The molecule has 0 bridgehead atoms. The molecule has 5 N–H and O–H groups in total. The van der Waals surface area contributed by atoms with Crippen molar-refractivity contribution in [2.75, 3.05) is 19.8 Å². The van der Waals surface area contributed by atoms with Gasteiger partial charge in [0.15, 0.2) is 11.6 Å². The minimum absolute atomic E-state index is 0.0923. The number of ketones is 2. The van der Waals surface area contributed by atoms with Crippen molar-refractivity contribution in [3.05, 3.63) is 0 Å². The van der Waals surface area contributed by atoms with Crippen LogP contribution in [0.3, 0.4) is 0 Å². The maximum absolute atomic E-state index is 14.1. The van der Waals surface area contributed by atoms with E-state index >= 15 is 0 Å². The van der Waals surface area contributed by atoms with Gasteiger partial charge in [0, 0.05) is 19.4 Å². The fraction of sp³-hybridized carbons (Fsp3) is 0.956. The Morgan fingerprint density at radius 3 is 1.13 bits per heavy atom. The lowest BCUT2D eigenvalue weighted by molar-refractivity contribution is -0.165. The maximum Gasteiger partial charge on any atom is 0.473 e. The molecule has 0 aliphatic rings. The summed E-state index contributed by atoms with van der Waals surface area (Å²) in [7, 11) is -5.01. The van der Waals surface area contributed by atoms with Crippen LogP contribution in [0, 0.1) is 47.3 Å². The number of carbonyl (C=O) groups is 2. The molecule has 0 radical (unpaired) electrons. The van der Waals surface area contributed by atoms with Crippen LogP contribution >= 0.6 is 7.82 Å². The number of nitrogens with two attached hydrogens (primary N) is 1. The van der Waals surface area contributed by atoms with E-state index in [1.807, 2.05) is 13.8 Å². The molecule has 0 heterocycles. The van der Waals surface area contributed by atoms with Crippen molar-refractivity contribution < 1.29 is 38.3 Å². The number of phosphoric ester groups is 1. The minimum Gasteiger partial charge on any atom is -0.394 e. The van der Waals surface area contributed by atoms with Gasteiger partial charge in [-0.3, -0.25) is 18.6 Å². The van der Waals surface area contributed by atoms with E-state index in [2.05, 4.69) is 55.4 Å². The van der Waals surface area contributed by atoms with Crippen LogP contribution < -0.4 is 5.73 Å². The molecule has 9 nitrogen and oxygen atoms in total. The number of Topliss-reactive ketones (excluding diaryl/α,β-unsaturated/α-hetero) is 2. The molecule has 0 aliphatic heterocycles. The van der Waals surface area contributed by atoms with Crippen molar-refractivity contribution in [3.8, 4) is 0 Å². The van der Waals surface area contributed by atoms with Crippen molar-refractivity contribution in [3.63, 3.8) is 0 Å². The first kappa shape index (κ1) is 54.3. The fourth-order valence-corrected chi connectivity index (χ4v) is 9.00. The smallest absolute Gasteiger partial charge is 0.394 e. The summed E-state index contributed by atoms with van der Waals surface area (Å²) in [6.45, 7) is 20.7. The summed E-state index contributed by atoms with van der Waals surface area (Å²) in [5, 5.41) is 21.2. The molecule has 0 aromatic carbocycles. The molecule has 7 unspecified atom stereocenters. The first-order chi connectivity index (χ1) is 25.8. The molecule has 0 fully saturated rings. The number of carbonyl (C=O) groups excluding carboxylic acids is 2. The summed E-state index contributed by atoms with van der Waals surface area (Å²) in [6.07, 6.45) is 17.9. The highest BCUT2D eigenvalue weighted by molar-refractivity contribution is 7.47. The van der Waals surface area contributed by atoms with Crippen LogP contribution in [0.25, 0.3) is 0 Å². The topological polar surface area (TPSA) is 156 Å². The third-order valence-corrected chi connectivity index (χ3v) is 12.7. The molecule has 0 amide bonds. The lowest BCUT2D eigenvalue weighted by atomic mass is 9.79. The number of hydrogen-bond donors (Lipinski definition) is 4. The summed E-state index contributed by atoms with van der Waals surface area (Å²) >= 11 is 0. The van der Waals surface area contributed by atoms with E-state index in [0.717, 1.165) is 49.4 Å². The molecule has 0 saturated carbocycles. The average Bonchev–Trinajstić information content (AvgIpc) is 3.08. The summed E-state index contributed by atoms with van der Waals surface area (Å²) in [5.41, 5.74) is 2.74. The molecule has 10 heteroatoms. The van der Waals surface area contributed by atoms with Gasteiger partial charge in [-0.1, -0.05) is 185 Å². The number of phosphoric acid groups is 1. The molecule has 0 saturated heterocycles. The Hall–Kier alpha value is -0.670. The van der Waals surface area contributed by atoms with E-state index in [9.17, 15) is 29.3 Å². The molecule has 328 valence electrons. The van der Waals surface area contributed by atoms with E-state index in [-0.39, 0.29) is 37.8 Å². The predicted octanol–water partition coefficient (Wildman–Crippen LogP) is 11.2. The van der Waals surface area contributed by atoms with Gasteiger partial charge in [0.25, 0.3) is 0 Å². The second-order valence-corrected chi connectivity index (χ2v) is 20.3. The molecule has 0 aromatic heterocycles. The van der Waals surface area contributed by atoms with Crippen molar-refractivity contribution in [2.45, 2.75) is 209 Å². The molecular formula is C45H90NO8P. The largest absolute Gasteiger partial charge is 0.473 e. The lowest BCUT2D eigenvalue weighted by Gasteiger charge is -2.36. The highest BCUT2D eigenvalue weighted by Crippen LogP contribution is 2.49. The van der Waals surface area contributed by atoms with Gasteiger partial charge in [0.05, 0.1) is 13.2 Å². The normalized spacial score (nSPS) is 18.3. The van der Waals surface area contributed by atoms with Crippen molar-refractivity contribution in [1.82, 2.24) is 0 Å². The van der Waals surface area contributed by atoms with Crippen LogP contribution in [0.2, 0.25) is 0 Å². The molecule has 0 spiro atoms. The Morgan fingerprint density at radius 1 is 0.564 bits per heavy atom. The fourth-order valence-electron chi connectivity index (χ4n) is 7.92. The van der Waals surface area contributed by atoms with Gasteiger partial charge >= 0.3 is 7.82 Å². The molecule has 0 aromatic rings. The Kier molecular flexibility index (Phi) is 30.0. The second-order valence-electron chi connectivity index (χ2n) is 18.9. The average molecular weight is 804 g/mol. The lowest BCUT2D eigenvalue weighted by Crippen LogP contribution is -2.59. The van der Waals surface area contributed by atoms with Gasteiger partial charge in [0.2, 0.25) is 5.60 Å². The Labute approximate surface area is 339 Å². The van der Waals surface area contributed by atoms with E-state index in [0.29, 0.717) is 24.7 Å². The van der Waals surface area contributed by atoms with Crippen LogP contribution in [0.1, 0.15) is 198 Å². The zero-order valence-corrected chi connectivity index (χ0v) is 38.3. The van der Waals surface area contributed by atoms with Crippen molar-refractivity contribution in [1.29, 1.82) is 0 Å². The van der Waals surface area contributed by atoms with Crippen LogP contribution in [-0.4, -0.2) is 58.1 Å². The summed E-state index contributed by atoms with van der Waals surface area (Å²) in [5.74, 6) is 2.17. The zero-order valence-electron chi connectivity index (χ0n) is 37.4. The Morgan fingerprint density at radius 2 is 0.855 bits per heavy atom. The highest BCUT2D eigenvalue weighted by Gasteiger charge is 2.56. The number of aliphatic hydroxyl groups is 2. The van der Waals surface area contributed by atoms with Crippen molar-refractivity contribution >= 4 is 19.4 Å². The minimum atomic E-state index is -5.01. The molecule has 0 rings (SSSR count). The quantitative estimate of drug-likeness (QED) is 0.0354. The maximum atomic E-state index is 14.1. The van der Waals surface area contributed by atoms with Gasteiger partial charge in [-0.15, -0.1) is 0 Å². The van der Waals surface area contributed by atoms with Gasteiger partial charge in [-0.2, -0.15) is 0 Å². The van der Waals surface area contributed by atoms with Crippen LogP contribution in [0.5, 0.6) is 0 Å². The van der Waals surface area contributed by atoms with Gasteiger partial charge in [0.1, 0.15) is 6.10 Å². The first-order valence-corrected chi connectivity index (χ1v) is 24.0. The van der Waals surface area contributed by atoms with E-state index in [1.54, 1.807) is 0 Å². The summed E-state index contributed by atoms with van der Waals surface area (Å²) < 4.78 is 23.4. The highest BCUT2D eigenvalue weighted by atomic mass is 31.2. The predicted molar refractivity (Wildman–Crippen MR) is 229 cm³/mol. The van der Waals surface area contributed by atoms with Crippen LogP contribution in [0.4, 0.5) is 0 Å². The number of rotatable bonds is 37. The zero-order chi connectivity index (χ0) is 42.0. The monoisotopic (exact) mass is 804 g/mol. The standard InChI is InChI=1S/C45H90NO8P/c1-34(2)17-11-19-36(5)21-13-23-38(7)25-15-27-40(9)31-42(48)45(44(50)33-47,54-55(51,52)53-30-29-46)43(49)32-41(10)28-16-26-39(8)24-14-22-37(6)20-12-18-35(3)4/h34-41,44,47,50H,11-33,46H2,1-10H3,(H,51,52)/t36?,37?,38?,39?,40?,41?,44-,45?/m0/s1. The molecule has 8 atom stereocenters. The Bertz CT molecular complexity index is 980. The van der Waals surface area contributed by atoms with Crippen LogP contribution in [0.15, 0.2) is 0 Å². The second kappa shape index (κ2) is 30.4. The summed E-state index contributed by atoms with van der Waals surface area (Å²) in [6, 6.07) is 0. The number of aliphatic hydroxyl groups excluding tert-OH is 2. The van der Waals surface area contributed by atoms with Gasteiger partial charge in [-0.05, 0) is 47.3 Å². The summed E-state index contributed by atoms with van der Waals surface area (Å²) in [4.78, 5) is 38.7. The van der Waals surface area contributed by atoms with Gasteiger partial charge in [-0.25, -0.2) is 4.57 Å². The third kappa shape index (κ3) is 25.4. The number of hydrogen-bond acceptors (Lipinski definition) is 8. The molecular weight excluding hydrogens is 713 g/mol. The SMILES string of the molecule is CC(C)CCCC(C)CCCC(C)CCCC(C)CC(=O)C(OP(=O)(O)OCCN)(C(=O)CC(C)CCCC(C)CCCC(C)CCCC(C)C)[C@@H](O)CO.